The lowest BCUT2D eigenvalue weighted by atomic mass is 10.3. The van der Waals surface area contributed by atoms with E-state index in [-0.39, 0.29) is 5.91 Å². The molecule has 0 aliphatic rings. The van der Waals surface area contributed by atoms with Gasteiger partial charge >= 0.3 is 0 Å². The maximum absolute atomic E-state index is 11.9. The number of benzene rings is 2. The zero-order chi connectivity index (χ0) is 15.4. The molecule has 0 radical (unpaired) electrons. The third kappa shape index (κ3) is 3.90. The molecular weight excluding hydrogens is 362 g/mol. The number of rotatable bonds is 5. The van der Waals surface area contributed by atoms with Crippen LogP contribution in [-0.2, 0) is 4.79 Å². The topological polar surface area (TPSA) is 57.8 Å². The van der Waals surface area contributed by atoms with Crippen LogP contribution in [0.15, 0.2) is 58.2 Å². The van der Waals surface area contributed by atoms with E-state index in [0.717, 1.165) is 26.3 Å². The molecule has 22 heavy (non-hydrogen) atoms. The largest absolute Gasteiger partial charge is 0.333 e. The highest BCUT2D eigenvalue weighted by molar-refractivity contribution is 9.10. The van der Waals surface area contributed by atoms with E-state index in [1.165, 1.54) is 0 Å². The minimum absolute atomic E-state index is 0.00549. The van der Waals surface area contributed by atoms with E-state index < -0.39 is 0 Å². The monoisotopic (exact) mass is 375 g/mol. The average molecular weight is 376 g/mol. The third-order valence-corrected chi connectivity index (χ3v) is 4.47. The molecule has 0 aliphatic carbocycles. The van der Waals surface area contributed by atoms with E-state index in [1.54, 1.807) is 11.8 Å². The van der Waals surface area contributed by atoms with Gasteiger partial charge in [0.05, 0.1) is 11.0 Å². The number of halogens is 1. The van der Waals surface area contributed by atoms with Crippen LogP contribution in [0.1, 0.15) is 6.42 Å². The van der Waals surface area contributed by atoms with Crippen LogP contribution in [0.4, 0.5) is 5.69 Å². The Hall–Kier alpha value is -1.79. The number of amides is 1. The Morgan fingerprint density at radius 1 is 1.18 bits per heavy atom. The van der Waals surface area contributed by atoms with Gasteiger partial charge in [-0.2, -0.15) is 0 Å². The Balaban J connectivity index is 1.49. The summed E-state index contributed by atoms with van der Waals surface area (Å²) in [6.45, 7) is 0. The summed E-state index contributed by atoms with van der Waals surface area (Å²) in [5.74, 6) is 0.688. The minimum Gasteiger partial charge on any atom is -0.333 e. The molecule has 1 heterocycles. The van der Waals surface area contributed by atoms with Crippen molar-refractivity contribution < 1.29 is 4.79 Å². The number of nitrogens with zero attached hydrogens (tertiary/aromatic N) is 1. The maximum Gasteiger partial charge on any atom is 0.225 e. The summed E-state index contributed by atoms with van der Waals surface area (Å²) in [7, 11) is 0. The number of fused-ring (bicyclic) bond motifs is 1. The van der Waals surface area contributed by atoms with Gasteiger partial charge in [0.15, 0.2) is 5.16 Å². The van der Waals surface area contributed by atoms with Crippen LogP contribution in [0.2, 0.25) is 0 Å². The fraction of sp³-hybridized carbons (Fsp3) is 0.125. The van der Waals surface area contributed by atoms with Gasteiger partial charge in [0, 0.05) is 22.3 Å². The number of hydrogen-bond acceptors (Lipinski definition) is 3. The van der Waals surface area contributed by atoms with E-state index in [4.69, 9.17) is 0 Å². The summed E-state index contributed by atoms with van der Waals surface area (Å²) in [4.78, 5) is 19.6. The summed E-state index contributed by atoms with van der Waals surface area (Å²) in [6, 6.07) is 15.4. The average Bonchev–Trinajstić information content (AvgIpc) is 2.92. The zero-order valence-corrected chi connectivity index (χ0v) is 14.1. The molecule has 0 bridgehead atoms. The summed E-state index contributed by atoms with van der Waals surface area (Å²) >= 11 is 4.92. The van der Waals surface area contributed by atoms with Crippen LogP contribution in [0, 0.1) is 0 Å². The number of H-pyrrole nitrogens is 1. The van der Waals surface area contributed by atoms with Crippen molar-refractivity contribution in [1.82, 2.24) is 9.97 Å². The number of anilines is 1. The van der Waals surface area contributed by atoms with Crippen LogP contribution < -0.4 is 5.32 Å². The number of hydrogen-bond donors (Lipinski definition) is 2. The van der Waals surface area contributed by atoms with Gasteiger partial charge in [0.25, 0.3) is 0 Å². The fourth-order valence-electron chi connectivity index (χ4n) is 1.99. The molecule has 0 unspecified atom stereocenters. The number of carbonyl (C=O) groups excluding carboxylic acids is 1. The number of aromatic nitrogens is 2. The van der Waals surface area contributed by atoms with Gasteiger partial charge in [-0.3, -0.25) is 4.79 Å². The first-order chi connectivity index (χ1) is 10.7. The van der Waals surface area contributed by atoms with E-state index >= 15 is 0 Å². The molecule has 0 spiro atoms. The molecule has 0 aliphatic heterocycles. The Morgan fingerprint density at radius 3 is 2.73 bits per heavy atom. The van der Waals surface area contributed by atoms with Gasteiger partial charge in [0.1, 0.15) is 0 Å². The van der Waals surface area contributed by atoms with Crippen molar-refractivity contribution >= 4 is 50.3 Å². The first-order valence-electron chi connectivity index (χ1n) is 6.84. The number of aromatic amines is 1. The molecule has 0 saturated heterocycles. The Bertz CT molecular complexity index is 752. The zero-order valence-electron chi connectivity index (χ0n) is 11.7. The van der Waals surface area contributed by atoms with E-state index in [0.29, 0.717) is 12.2 Å². The predicted octanol–water partition coefficient (Wildman–Crippen LogP) is 4.45. The molecule has 0 fully saturated rings. The molecule has 2 aromatic carbocycles. The summed E-state index contributed by atoms with van der Waals surface area (Å²) in [5, 5.41) is 3.72. The second-order valence-electron chi connectivity index (χ2n) is 4.71. The molecule has 3 rings (SSSR count). The lowest BCUT2D eigenvalue weighted by Crippen LogP contribution is -2.12. The molecule has 112 valence electrons. The van der Waals surface area contributed by atoms with Crippen molar-refractivity contribution in [2.75, 3.05) is 11.1 Å². The standard InChI is InChI=1S/C16H14BrN3OS/c17-11-5-7-12(8-6-11)18-15(21)9-10-22-16-19-13-3-1-2-4-14(13)20-16/h1-8H,9-10H2,(H,18,21)(H,19,20). The second kappa shape index (κ2) is 6.98. The third-order valence-electron chi connectivity index (χ3n) is 3.06. The van der Waals surface area contributed by atoms with Crippen LogP contribution in [-0.4, -0.2) is 21.6 Å². The van der Waals surface area contributed by atoms with Crippen LogP contribution in [0.5, 0.6) is 0 Å². The molecule has 1 amide bonds. The second-order valence-corrected chi connectivity index (χ2v) is 6.71. The predicted molar refractivity (Wildman–Crippen MR) is 94.2 cm³/mol. The van der Waals surface area contributed by atoms with Gasteiger partial charge in [0.2, 0.25) is 5.91 Å². The number of imidazole rings is 1. The molecule has 6 heteroatoms. The van der Waals surface area contributed by atoms with Crippen molar-refractivity contribution in [2.45, 2.75) is 11.6 Å². The summed E-state index contributed by atoms with van der Waals surface area (Å²) in [6.07, 6.45) is 0.442. The van der Waals surface area contributed by atoms with Crippen LogP contribution in [0.3, 0.4) is 0 Å². The highest BCUT2D eigenvalue weighted by Gasteiger charge is 2.06. The summed E-state index contributed by atoms with van der Waals surface area (Å²) < 4.78 is 0.992. The number of nitrogens with one attached hydrogen (secondary N) is 2. The number of para-hydroxylation sites is 2. The van der Waals surface area contributed by atoms with Crippen molar-refractivity contribution in [2.24, 2.45) is 0 Å². The number of thioether (sulfide) groups is 1. The molecule has 3 aromatic rings. The van der Waals surface area contributed by atoms with E-state index in [9.17, 15) is 4.79 Å². The van der Waals surface area contributed by atoms with Gasteiger partial charge in [-0.05, 0) is 36.4 Å². The number of carbonyl (C=O) groups is 1. The van der Waals surface area contributed by atoms with Crippen LogP contribution >= 0.6 is 27.7 Å². The van der Waals surface area contributed by atoms with Gasteiger partial charge in [-0.25, -0.2) is 4.98 Å². The summed E-state index contributed by atoms with van der Waals surface area (Å²) in [5.41, 5.74) is 2.77. The van der Waals surface area contributed by atoms with Crippen LogP contribution in [0.25, 0.3) is 11.0 Å². The van der Waals surface area contributed by atoms with Crippen molar-refractivity contribution in [3.8, 4) is 0 Å². The lowest BCUT2D eigenvalue weighted by Gasteiger charge is -2.04. The molecular formula is C16H14BrN3OS. The van der Waals surface area contributed by atoms with Crippen molar-refractivity contribution in [3.63, 3.8) is 0 Å². The molecule has 2 N–H and O–H groups in total. The highest BCUT2D eigenvalue weighted by atomic mass is 79.9. The first kappa shape index (κ1) is 15.1. The SMILES string of the molecule is O=C(CCSc1nc2ccccc2[nH]1)Nc1ccc(Br)cc1. The molecule has 0 saturated carbocycles. The van der Waals surface area contributed by atoms with Crippen molar-refractivity contribution in [1.29, 1.82) is 0 Å². The smallest absolute Gasteiger partial charge is 0.225 e. The maximum atomic E-state index is 11.9. The molecule has 4 nitrogen and oxygen atoms in total. The molecule has 1 aromatic heterocycles. The fourth-order valence-corrected chi connectivity index (χ4v) is 3.09. The first-order valence-corrected chi connectivity index (χ1v) is 8.61. The highest BCUT2D eigenvalue weighted by Crippen LogP contribution is 2.20. The lowest BCUT2D eigenvalue weighted by molar-refractivity contribution is -0.115. The Morgan fingerprint density at radius 2 is 1.95 bits per heavy atom. The van der Waals surface area contributed by atoms with Gasteiger partial charge in [-0.15, -0.1) is 0 Å². The molecule has 0 atom stereocenters. The van der Waals surface area contributed by atoms with E-state index in [2.05, 4.69) is 31.2 Å². The quantitative estimate of drug-likeness (QED) is 0.647. The van der Waals surface area contributed by atoms with Gasteiger partial charge < -0.3 is 10.3 Å². The minimum atomic E-state index is 0.00549. The van der Waals surface area contributed by atoms with Crippen molar-refractivity contribution in [3.05, 3.63) is 53.0 Å². The Kier molecular flexibility index (Phi) is 4.80. The Labute approximate surface area is 140 Å². The van der Waals surface area contributed by atoms with Gasteiger partial charge in [-0.1, -0.05) is 39.8 Å². The van der Waals surface area contributed by atoms with E-state index in [1.807, 2.05) is 48.5 Å². The normalized spacial score (nSPS) is 10.8.